The number of hydrogen-bond acceptors (Lipinski definition) is 4. The average Bonchev–Trinajstić information content (AvgIpc) is 2.66. The van der Waals surface area contributed by atoms with Gasteiger partial charge < -0.3 is 19.3 Å². The molecule has 0 fully saturated rings. The number of ether oxygens (including phenoxy) is 3. The zero-order valence-electron chi connectivity index (χ0n) is 14.9. The Kier molecular flexibility index (Phi) is 4.59. The maximum absolute atomic E-state index is 15.3. The van der Waals surface area contributed by atoms with Crippen LogP contribution in [0.25, 0.3) is 21.5 Å². The van der Waals surface area contributed by atoms with Gasteiger partial charge in [0.05, 0.1) is 32.6 Å². The van der Waals surface area contributed by atoms with Crippen LogP contribution >= 0.6 is 0 Å². The fourth-order valence-corrected chi connectivity index (χ4v) is 3.12. The van der Waals surface area contributed by atoms with Crippen molar-refractivity contribution in [1.82, 2.24) is 0 Å². The summed E-state index contributed by atoms with van der Waals surface area (Å²) in [6.45, 7) is 1.55. The van der Waals surface area contributed by atoms with Crippen LogP contribution in [0.4, 0.5) is 4.39 Å². The summed E-state index contributed by atoms with van der Waals surface area (Å²) in [7, 11) is 4.49. The Morgan fingerprint density at radius 2 is 1.73 bits per heavy atom. The van der Waals surface area contributed by atoms with Crippen LogP contribution < -0.4 is 14.2 Å². The lowest BCUT2D eigenvalue weighted by atomic mass is 9.94. The first-order valence-electron chi connectivity index (χ1n) is 8.00. The third kappa shape index (κ3) is 2.67. The second-order valence-corrected chi connectivity index (χ2v) is 5.96. The van der Waals surface area contributed by atoms with E-state index in [9.17, 15) is 9.90 Å². The van der Waals surface area contributed by atoms with Gasteiger partial charge in [-0.1, -0.05) is 0 Å². The molecule has 0 heterocycles. The van der Waals surface area contributed by atoms with Crippen molar-refractivity contribution in [1.29, 1.82) is 0 Å². The van der Waals surface area contributed by atoms with Crippen LogP contribution in [0, 0.1) is 5.82 Å². The third-order valence-corrected chi connectivity index (χ3v) is 4.59. The van der Waals surface area contributed by atoms with E-state index in [-0.39, 0.29) is 5.39 Å². The van der Waals surface area contributed by atoms with E-state index in [1.54, 1.807) is 31.2 Å². The molecule has 26 heavy (non-hydrogen) atoms. The molecule has 0 aliphatic rings. The van der Waals surface area contributed by atoms with E-state index in [4.69, 9.17) is 14.2 Å². The van der Waals surface area contributed by atoms with Crippen LogP contribution in [0.1, 0.15) is 18.4 Å². The molecular formula is C20H19FO5. The van der Waals surface area contributed by atoms with Gasteiger partial charge >= 0.3 is 5.97 Å². The molecule has 0 aliphatic carbocycles. The molecule has 1 atom stereocenters. The topological polar surface area (TPSA) is 65.0 Å². The van der Waals surface area contributed by atoms with Crippen molar-refractivity contribution in [3.05, 3.63) is 41.7 Å². The van der Waals surface area contributed by atoms with Gasteiger partial charge in [0.2, 0.25) is 0 Å². The number of carboxylic acid groups (broad SMARTS) is 1. The van der Waals surface area contributed by atoms with Crippen molar-refractivity contribution >= 4 is 27.5 Å². The fraction of sp³-hybridized carbons (Fsp3) is 0.250. The van der Waals surface area contributed by atoms with E-state index >= 15 is 4.39 Å². The Bertz CT molecular complexity index is 1010. The number of methoxy groups -OCH3 is 3. The van der Waals surface area contributed by atoms with Crippen LogP contribution in [0.3, 0.4) is 0 Å². The molecule has 0 saturated carbocycles. The number of carbonyl (C=O) groups is 1. The van der Waals surface area contributed by atoms with E-state index < -0.39 is 17.7 Å². The summed E-state index contributed by atoms with van der Waals surface area (Å²) in [5.74, 6) is -0.886. The Balaban J connectivity index is 2.49. The van der Waals surface area contributed by atoms with Gasteiger partial charge in [-0.3, -0.25) is 4.79 Å². The van der Waals surface area contributed by atoms with Crippen molar-refractivity contribution in [3.8, 4) is 17.2 Å². The first-order chi connectivity index (χ1) is 12.4. The zero-order chi connectivity index (χ0) is 19.0. The molecule has 136 valence electrons. The molecule has 3 aromatic rings. The summed E-state index contributed by atoms with van der Waals surface area (Å²) in [4.78, 5) is 11.4. The van der Waals surface area contributed by atoms with Crippen LogP contribution in [-0.2, 0) is 4.79 Å². The number of aliphatic carboxylic acids is 1. The van der Waals surface area contributed by atoms with Crippen LogP contribution in [0.2, 0.25) is 0 Å². The molecular weight excluding hydrogens is 339 g/mol. The smallest absolute Gasteiger partial charge is 0.310 e. The standard InChI is InChI=1S/C20H19FO5/c1-10(20(22)23)11-7-15-17(16(8-11)25-3)19(26-4)14-9-12(24-2)5-6-13(14)18(15)21/h5-10H,1-4H3,(H,22,23). The van der Waals surface area contributed by atoms with E-state index in [1.807, 2.05) is 0 Å². The van der Waals surface area contributed by atoms with Gasteiger partial charge in [0.1, 0.15) is 23.1 Å². The van der Waals surface area contributed by atoms with E-state index in [0.29, 0.717) is 39.0 Å². The van der Waals surface area contributed by atoms with Crippen molar-refractivity contribution in [3.63, 3.8) is 0 Å². The Labute approximate surface area is 149 Å². The molecule has 0 saturated heterocycles. The average molecular weight is 358 g/mol. The Morgan fingerprint density at radius 3 is 2.31 bits per heavy atom. The van der Waals surface area contributed by atoms with Gasteiger partial charge in [-0.05, 0) is 42.8 Å². The minimum absolute atomic E-state index is 0.252. The normalized spacial score (nSPS) is 12.2. The first-order valence-corrected chi connectivity index (χ1v) is 8.00. The van der Waals surface area contributed by atoms with Crippen molar-refractivity contribution in [2.45, 2.75) is 12.8 Å². The number of halogens is 1. The lowest BCUT2D eigenvalue weighted by Gasteiger charge is -2.17. The summed E-state index contributed by atoms with van der Waals surface area (Å²) < 4.78 is 31.5. The van der Waals surface area contributed by atoms with Gasteiger partial charge in [-0.2, -0.15) is 0 Å². The summed E-state index contributed by atoms with van der Waals surface area (Å²) >= 11 is 0. The molecule has 3 aromatic carbocycles. The van der Waals surface area contributed by atoms with E-state index in [2.05, 4.69) is 0 Å². The highest BCUT2D eigenvalue weighted by molar-refractivity contribution is 6.09. The Hall–Kier alpha value is -3.02. The highest BCUT2D eigenvalue weighted by Gasteiger charge is 2.22. The highest BCUT2D eigenvalue weighted by atomic mass is 19.1. The fourth-order valence-electron chi connectivity index (χ4n) is 3.12. The largest absolute Gasteiger partial charge is 0.497 e. The second-order valence-electron chi connectivity index (χ2n) is 5.96. The summed E-state index contributed by atoms with van der Waals surface area (Å²) in [5, 5.41) is 10.9. The number of benzene rings is 3. The molecule has 5 nitrogen and oxygen atoms in total. The minimum atomic E-state index is -0.996. The van der Waals surface area contributed by atoms with Gasteiger partial charge in [-0.15, -0.1) is 0 Å². The second kappa shape index (κ2) is 6.71. The van der Waals surface area contributed by atoms with E-state index in [0.717, 1.165) is 0 Å². The molecule has 6 heteroatoms. The summed E-state index contributed by atoms with van der Waals surface area (Å²) in [6.07, 6.45) is 0. The first kappa shape index (κ1) is 17.8. The van der Waals surface area contributed by atoms with Crippen LogP contribution in [-0.4, -0.2) is 32.4 Å². The molecule has 0 radical (unpaired) electrons. The predicted molar refractivity (Wildman–Crippen MR) is 97.1 cm³/mol. The molecule has 0 aromatic heterocycles. The molecule has 0 bridgehead atoms. The molecule has 0 spiro atoms. The van der Waals surface area contributed by atoms with Crippen molar-refractivity contribution in [2.24, 2.45) is 0 Å². The number of carboxylic acids is 1. The van der Waals surface area contributed by atoms with Crippen molar-refractivity contribution in [2.75, 3.05) is 21.3 Å². The molecule has 1 unspecified atom stereocenters. The highest BCUT2D eigenvalue weighted by Crippen LogP contribution is 2.44. The lowest BCUT2D eigenvalue weighted by Crippen LogP contribution is -2.08. The number of fused-ring (bicyclic) bond motifs is 2. The molecule has 0 aliphatic heterocycles. The molecule has 1 N–H and O–H groups in total. The third-order valence-electron chi connectivity index (χ3n) is 4.59. The monoisotopic (exact) mass is 358 g/mol. The van der Waals surface area contributed by atoms with Crippen LogP contribution in [0.15, 0.2) is 30.3 Å². The van der Waals surface area contributed by atoms with Crippen LogP contribution in [0.5, 0.6) is 17.2 Å². The maximum atomic E-state index is 15.3. The van der Waals surface area contributed by atoms with Crippen molar-refractivity contribution < 1.29 is 28.5 Å². The molecule has 0 amide bonds. The van der Waals surface area contributed by atoms with Gasteiger partial charge in [0.25, 0.3) is 0 Å². The summed E-state index contributed by atoms with van der Waals surface area (Å²) in [5.41, 5.74) is 0.454. The Morgan fingerprint density at radius 1 is 1.00 bits per heavy atom. The van der Waals surface area contributed by atoms with E-state index in [1.165, 1.54) is 27.4 Å². The summed E-state index contributed by atoms with van der Waals surface area (Å²) in [6, 6.07) is 8.13. The van der Waals surface area contributed by atoms with Gasteiger partial charge in [0.15, 0.2) is 0 Å². The molecule has 3 rings (SSSR count). The number of rotatable bonds is 5. The minimum Gasteiger partial charge on any atom is -0.497 e. The quantitative estimate of drug-likeness (QED) is 0.687. The predicted octanol–water partition coefficient (Wildman–Crippen LogP) is 4.35. The lowest BCUT2D eigenvalue weighted by molar-refractivity contribution is -0.138. The number of hydrogen-bond donors (Lipinski definition) is 1. The van der Waals surface area contributed by atoms with Gasteiger partial charge in [-0.25, -0.2) is 4.39 Å². The zero-order valence-corrected chi connectivity index (χ0v) is 14.9. The maximum Gasteiger partial charge on any atom is 0.310 e. The SMILES string of the molecule is COc1ccc2c(F)c3cc(C(C)C(=O)O)cc(OC)c3c(OC)c2c1. The van der Waals surface area contributed by atoms with Gasteiger partial charge in [0, 0.05) is 16.2 Å².